The van der Waals surface area contributed by atoms with Crippen molar-refractivity contribution < 1.29 is 90.8 Å². The molecule has 0 N–H and O–H groups in total. The molecular formula is C72H84F4LiO12S4+. The average molecular weight is 1350 g/mol. The minimum Gasteiger partial charge on any atom is -0.743 e. The molecule has 0 saturated heterocycles. The van der Waals surface area contributed by atoms with Gasteiger partial charge in [0.1, 0.15) is 51.1 Å². The number of hydrogen-bond donors (Lipinski definition) is 0. The smallest absolute Gasteiger partial charge is 0.743 e. The molecule has 0 radical (unpaired) electrons. The van der Waals surface area contributed by atoms with Crippen LogP contribution in [0, 0.1) is 63.2 Å². The maximum Gasteiger partial charge on any atom is 1.00 e. The van der Waals surface area contributed by atoms with Gasteiger partial charge in [-0.2, -0.15) is 17.6 Å². The molecule has 0 spiro atoms. The molecule has 0 heterocycles. The van der Waals surface area contributed by atoms with Gasteiger partial charge in [-0.15, -0.1) is 0 Å². The summed E-state index contributed by atoms with van der Waals surface area (Å²) in [5.74, 6) is 4.99. The standard InChI is InChI=1S/2C24H25O2S.2C12H18F2O4S.Li/c2*1-4-25-15-16-26-24-19(2)17-23(18-20(24)3)27(21-11-7-5-8-12-21)22-13-9-6-10-14-22;2*13-12(14,19(15,16)17)7-18-11-4-8-1-9(5-11)3-10(2-8)6-11;/h2*4-14,17-18H,1,15-16H2,2-3H3;2*8-10H,1-7H2,(H,15,16,17);/q2*+1;;;+1/p-2. The molecule has 8 aliphatic rings. The van der Waals surface area contributed by atoms with E-state index in [2.05, 4.69) is 186 Å². The molecule has 0 amide bonds. The van der Waals surface area contributed by atoms with Gasteiger partial charge in [0, 0.05) is 24.3 Å². The summed E-state index contributed by atoms with van der Waals surface area (Å²) in [5, 5.41) is -8.65. The quantitative estimate of drug-likeness (QED) is 0.0141. The Morgan fingerprint density at radius 3 is 0.892 bits per heavy atom. The van der Waals surface area contributed by atoms with Gasteiger partial charge in [-0.25, -0.2) is 16.8 Å². The fourth-order valence-electron chi connectivity index (χ4n) is 15.1. The van der Waals surface area contributed by atoms with Gasteiger partial charge < -0.3 is 37.5 Å². The van der Waals surface area contributed by atoms with Crippen LogP contribution in [0.2, 0.25) is 0 Å². The van der Waals surface area contributed by atoms with Gasteiger partial charge in [0.2, 0.25) is 0 Å². The number of aryl methyl sites for hydroxylation is 4. The largest absolute Gasteiger partial charge is 1.00 e. The number of rotatable bonds is 24. The third kappa shape index (κ3) is 19.1. The number of benzene rings is 6. The van der Waals surface area contributed by atoms with Crippen LogP contribution in [-0.4, -0.2) is 87.3 Å². The van der Waals surface area contributed by atoms with Gasteiger partial charge in [-0.3, -0.25) is 0 Å². The van der Waals surface area contributed by atoms with Crippen LogP contribution in [0.3, 0.4) is 0 Å². The van der Waals surface area contributed by atoms with Crippen molar-refractivity contribution in [3.8, 4) is 11.5 Å². The molecule has 93 heavy (non-hydrogen) atoms. The van der Waals surface area contributed by atoms with E-state index in [1.54, 1.807) is 0 Å². The van der Waals surface area contributed by atoms with Crippen LogP contribution in [0.1, 0.15) is 99.3 Å². The van der Waals surface area contributed by atoms with Crippen LogP contribution in [0.15, 0.2) is 201 Å². The summed E-state index contributed by atoms with van der Waals surface area (Å²) >= 11 is 0. The Morgan fingerprint density at radius 1 is 0.441 bits per heavy atom. The Labute approximate surface area is 565 Å². The number of halogens is 4. The van der Waals surface area contributed by atoms with E-state index in [1.807, 2.05) is 0 Å². The van der Waals surface area contributed by atoms with Crippen molar-refractivity contribution in [3.63, 3.8) is 0 Å². The molecule has 0 atom stereocenters. The van der Waals surface area contributed by atoms with E-state index in [0.29, 0.717) is 61.9 Å². The van der Waals surface area contributed by atoms with Crippen LogP contribution in [0.5, 0.6) is 11.5 Å². The molecule has 8 saturated carbocycles. The molecule has 0 unspecified atom stereocenters. The number of hydrogen-bond acceptors (Lipinski definition) is 12. The molecule has 8 aliphatic carbocycles. The maximum atomic E-state index is 13.2. The van der Waals surface area contributed by atoms with Gasteiger partial charge in [0.25, 0.3) is 0 Å². The van der Waals surface area contributed by atoms with Crippen molar-refractivity contribution in [2.45, 2.75) is 156 Å². The first kappa shape index (κ1) is 73.6. The van der Waals surface area contributed by atoms with E-state index in [9.17, 15) is 43.5 Å². The fraction of sp³-hybridized carbons (Fsp3) is 0.444. The molecule has 14 rings (SSSR count). The number of alkyl halides is 4. The molecule has 12 nitrogen and oxygen atoms in total. The third-order valence-electron chi connectivity index (χ3n) is 18.2. The first-order chi connectivity index (χ1) is 43.8. The molecule has 6 aromatic carbocycles. The molecule has 0 aliphatic heterocycles. The Hall–Kier alpha value is -5.24. The van der Waals surface area contributed by atoms with Gasteiger partial charge in [0.15, 0.2) is 49.6 Å². The third-order valence-corrected chi connectivity index (χ3v) is 24.3. The van der Waals surface area contributed by atoms with Crippen molar-refractivity contribution in [1.82, 2.24) is 0 Å². The van der Waals surface area contributed by atoms with E-state index in [4.69, 9.17) is 28.4 Å². The van der Waals surface area contributed by atoms with E-state index in [0.717, 1.165) is 111 Å². The summed E-state index contributed by atoms with van der Waals surface area (Å²) in [6.45, 7) is 15.0. The van der Waals surface area contributed by atoms with Crippen molar-refractivity contribution in [1.29, 1.82) is 0 Å². The zero-order valence-electron chi connectivity index (χ0n) is 53.7. The minimum absolute atomic E-state index is 0. The predicted octanol–water partition coefficient (Wildman–Crippen LogP) is 13.1. The van der Waals surface area contributed by atoms with E-state index in [1.165, 1.54) is 41.9 Å². The summed E-state index contributed by atoms with van der Waals surface area (Å²) in [6.07, 6.45) is 14.1. The summed E-state index contributed by atoms with van der Waals surface area (Å²) in [5.41, 5.74) is 3.37. The van der Waals surface area contributed by atoms with E-state index in [-0.39, 0.29) is 40.7 Å². The van der Waals surface area contributed by atoms with Crippen LogP contribution < -0.4 is 28.3 Å². The van der Waals surface area contributed by atoms with Crippen molar-refractivity contribution in [2.24, 2.45) is 35.5 Å². The molecule has 496 valence electrons. The van der Waals surface area contributed by atoms with Gasteiger partial charge in [-0.1, -0.05) is 86.0 Å². The first-order valence-electron chi connectivity index (χ1n) is 31.4. The molecule has 8 bridgehead atoms. The average Bonchev–Trinajstić information content (AvgIpc) is 0.872. The Kier molecular flexibility index (Phi) is 25.5. The van der Waals surface area contributed by atoms with Crippen molar-refractivity contribution >= 4 is 42.0 Å². The van der Waals surface area contributed by atoms with Crippen molar-refractivity contribution in [2.75, 3.05) is 39.6 Å². The zero-order chi connectivity index (χ0) is 65.9. The predicted molar refractivity (Wildman–Crippen MR) is 348 cm³/mol. The second kappa shape index (κ2) is 32.2. The second-order valence-electron chi connectivity index (χ2n) is 25.4. The van der Waals surface area contributed by atoms with E-state index < -0.39 is 55.2 Å². The first-order valence-corrected chi connectivity index (χ1v) is 36.6. The second-order valence-corrected chi connectivity index (χ2v) is 32.4. The Bertz CT molecular complexity index is 3210. The molecular weight excluding hydrogens is 1270 g/mol. The monoisotopic (exact) mass is 1350 g/mol. The maximum absolute atomic E-state index is 13.2. The zero-order valence-corrected chi connectivity index (χ0v) is 56.9. The summed E-state index contributed by atoms with van der Waals surface area (Å²) < 4.78 is 148. The van der Waals surface area contributed by atoms with Crippen LogP contribution in [0.4, 0.5) is 17.6 Å². The topological polar surface area (TPSA) is 170 Å². The normalized spacial score (nSPS) is 23.2. The molecule has 6 aromatic rings. The Morgan fingerprint density at radius 2 is 0.677 bits per heavy atom. The minimum atomic E-state index is -5.64. The van der Waals surface area contributed by atoms with E-state index >= 15 is 0 Å². The van der Waals surface area contributed by atoms with Crippen LogP contribution >= 0.6 is 0 Å². The molecule has 8 fully saturated rings. The van der Waals surface area contributed by atoms with Crippen molar-refractivity contribution in [3.05, 3.63) is 194 Å². The summed E-state index contributed by atoms with van der Waals surface area (Å²) in [4.78, 5) is 7.87. The van der Waals surface area contributed by atoms with Crippen LogP contribution in [-0.2, 0) is 61.0 Å². The van der Waals surface area contributed by atoms with Gasteiger partial charge >= 0.3 is 29.4 Å². The SMILES string of the molecule is C=COCCOc1c(C)cc([S+](c2ccccc2)c2ccccc2)cc1C.C=COCCOc1c(C)cc([S+](c2ccccc2)c2ccccc2)cc1C.O=S(=O)([O-])C(F)(F)COC12CC3CC(CC(C3)C1)C2.O=S(=O)([O-])C(F)(F)COC12CC3CC(CC(C3)C1)C2.[Li+]. The van der Waals surface area contributed by atoms with Gasteiger partial charge in [0.05, 0.1) is 45.5 Å². The summed E-state index contributed by atoms with van der Waals surface area (Å²) in [6, 6.07) is 51.8. The van der Waals surface area contributed by atoms with Crippen LogP contribution in [0.25, 0.3) is 0 Å². The number of ether oxygens (including phenoxy) is 6. The molecule has 21 heteroatoms. The fourth-order valence-corrected chi connectivity index (χ4v) is 20.1. The molecule has 0 aromatic heterocycles. The summed E-state index contributed by atoms with van der Waals surface area (Å²) in [7, 11) is -11.6. The van der Waals surface area contributed by atoms with Gasteiger partial charge in [-0.05, 0) is 211 Å². The Balaban J connectivity index is 0.000000161.